The third-order valence-electron chi connectivity index (χ3n) is 2.98. The second-order valence-electron chi connectivity index (χ2n) is 4.47. The molecule has 1 aliphatic rings. The molecule has 1 aromatic heterocycles. The number of carbonyl (C=O) groups excluding carboxylic acids is 1. The molecule has 1 amide bonds. The van der Waals surface area contributed by atoms with Crippen molar-refractivity contribution in [3.8, 4) is 0 Å². The maximum atomic E-state index is 12.8. The fraction of sp³-hybridized carbons (Fsp3) is 0.500. The van der Waals surface area contributed by atoms with Crippen molar-refractivity contribution in [2.75, 3.05) is 0 Å². The van der Waals surface area contributed by atoms with E-state index in [2.05, 4.69) is 10.2 Å². The Morgan fingerprint density at radius 1 is 1.55 bits per heavy atom. The van der Waals surface area contributed by atoms with Crippen LogP contribution in [-0.2, 0) is 11.3 Å². The average Bonchev–Trinajstić information content (AvgIpc) is 3.02. The van der Waals surface area contributed by atoms with Crippen LogP contribution in [0.1, 0.15) is 12.8 Å². The number of rotatable bonds is 4. The van der Waals surface area contributed by atoms with Crippen LogP contribution in [0, 0.1) is 10.1 Å². The molecule has 0 saturated heterocycles. The van der Waals surface area contributed by atoms with Gasteiger partial charge in [0.05, 0.1) is 30.3 Å². The summed E-state index contributed by atoms with van der Waals surface area (Å²) in [5, 5.41) is 26.8. The first kappa shape index (κ1) is 15.9. The van der Waals surface area contributed by atoms with E-state index in [1.54, 1.807) is 0 Å². The highest BCUT2D eigenvalue weighted by Crippen LogP contribution is 2.38. The van der Waals surface area contributed by atoms with Gasteiger partial charge in [-0.3, -0.25) is 4.79 Å². The number of carbonyl (C=O) groups is 1. The molecule has 0 aliphatic carbocycles. The molecule has 0 aromatic carbocycles. The maximum Gasteiger partial charge on any atom is 0.438 e. The number of nitrogens with zero attached hydrogens (tertiary/aromatic N) is 5. The van der Waals surface area contributed by atoms with Crippen molar-refractivity contribution in [1.82, 2.24) is 14.8 Å². The molecule has 120 valence electrons. The van der Waals surface area contributed by atoms with Crippen LogP contribution < -0.4 is 0 Å². The number of halogens is 3. The molecule has 0 radical (unpaired) electrons. The molecule has 1 atom stereocenters. The first-order chi connectivity index (χ1) is 10.1. The standard InChI is InChI=1S/C10H10F3N5O4/c11-10(12,13)9(20)3-4-14-17(9)8(19)2-6-16-5-1-7(15-16)18(21)22/h1,4-5,20H,2-3,6H2/t9-/m0/s1. The van der Waals surface area contributed by atoms with Gasteiger partial charge in [0.1, 0.15) is 0 Å². The lowest BCUT2D eigenvalue weighted by molar-refractivity contribution is -0.389. The Hall–Kier alpha value is -2.50. The average molecular weight is 321 g/mol. The summed E-state index contributed by atoms with van der Waals surface area (Å²) in [5.74, 6) is -1.52. The van der Waals surface area contributed by atoms with Gasteiger partial charge in [-0.25, -0.2) is 0 Å². The van der Waals surface area contributed by atoms with Crippen LogP contribution in [0.25, 0.3) is 0 Å². The smallest absolute Gasteiger partial charge is 0.362 e. The minimum absolute atomic E-state index is 0.0229. The summed E-state index contributed by atoms with van der Waals surface area (Å²) >= 11 is 0. The minimum atomic E-state index is -5.05. The monoisotopic (exact) mass is 321 g/mol. The van der Waals surface area contributed by atoms with Crippen LogP contribution in [0.3, 0.4) is 0 Å². The molecule has 1 N–H and O–H groups in total. The van der Waals surface area contributed by atoms with Crippen molar-refractivity contribution in [2.45, 2.75) is 31.3 Å². The largest absolute Gasteiger partial charge is 0.438 e. The van der Waals surface area contributed by atoms with Crippen LogP contribution in [0.15, 0.2) is 17.4 Å². The van der Waals surface area contributed by atoms with Crippen molar-refractivity contribution in [3.05, 3.63) is 22.4 Å². The summed E-state index contributed by atoms with van der Waals surface area (Å²) in [4.78, 5) is 21.5. The van der Waals surface area contributed by atoms with E-state index in [-0.39, 0.29) is 11.6 Å². The molecule has 1 aromatic rings. The third kappa shape index (κ3) is 2.77. The number of aryl methyl sites for hydroxylation is 1. The Morgan fingerprint density at radius 2 is 2.23 bits per heavy atom. The normalized spacial score (nSPS) is 21.4. The molecule has 0 spiro atoms. The summed E-state index contributed by atoms with van der Waals surface area (Å²) in [6.45, 7) is -0.188. The van der Waals surface area contributed by atoms with Gasteiger partial charge in [-0.1, -0.05) is 0 Å². The van der Waals surface area contributed by atoms with E-state index in [4.69, 9.17) is 0 Å². The van der Waals surface area contributed by atoms with Crippen molar-refractivity contribution in [1.29, 1.82) is 0 Å². The van der Waals surface area contributed by atoms with Gasteiger partial charge in [-0.15, -0.1) is 0 Å². The highest BCUT2D eigenvalue weighted by Gasteiger charge is 2.61. The van der Waals surface area contributed by atoms with Crippen molar-refractivity contribution < 1.29 is 28.0 Å². The number of hydrazone groups is 1. The van der Waals surface area contributed by atoms with Gasteiger partial charge >= 0.3 is 12.0 Å². The number of amides is 1. The van der Waals surface area contributed by atoms with E-state index < -0.39 is 41.4 Å². The van der Waals surface area contributed by atoms with Crippen LogP contribution in [0.5, 0.6) is 0 Å². The topological polar surface area (TPSA) is 114 Å². The Bertz CT molecular complexity index is 628. The van der Waals surface area contributed by atoms with Crippen LogP contribution in [0.2, 0.25) is 0 Å². The van der Waals surface area contributed by atoms with Crippen LogP contribution in [0.4, 0.5) is 19.0 Å². The van der Waals surface area contributed by atoms with E-state index in [1.165, 1.54) is 6.20 Å². The zero-order chi connectivity index (χ0) is 16.5. The summed E-state index contributed by atoms with van der Waals surface area (Å²) in [6.07, 6.45) is -4.35. The van der Waals surface area contributed by atoms with Gasteiger partial charge < -0.3 is 15.2 Å². The van der Waals surface area contributed by atoms with E-state index in [1.807, 2.05) is 0 Å². The highest BCUT2D eigenvalue weighted by molar-refractivity contribution is 5.80. The Morgan fingerprint density at radius 3 is 2.77 bits per heavy atom. The Balaban J connectivity index is 2.02. The molecule has 9 nitrogen and oxygen atoms in total. The van der Waals surface area contributed by atoms with Gasteiger partial charge in [0.15, 0.2) is 0 Å². The van der Waals surface area contributed by atoms with E-state index >= 15 is 0 Å². The number of hydrogen-bond acceptors (Lipinski definition) is 6. The molecule has 22 heavy (non-hydrogen) atoms. The molecule has 1 aliphatic heterocycles. The van der Waals surface area contributed by atoms with Gasteiger partial charge in [-0.05, 0) is 4.92 Å². The van der Waals surface area contributed by atoms with E-state index in [0.29, 0.717) is 0 Å². The Labute approximate surface area is 120 Å². The lowest BCUT2D eigenvalue weighted by Crippen LogP contribution is -2.56. The highest BCUT2D eigenvalue weighted by atomic mass is 19.4. The molecule has 0 bridgehead atoms. The van der Waals surface area contributed by atoms with E-state index in [0.717, 1.165) is 17.0 Å². The Kier molecular flexibility index (Phi) is 3.87. The zero-order valence-electron chi connectivity index (χ0n) is 10.9. The molecule has 2 heterocycles. The van der Waals surface area contributed by atoms with Crippen LogP contribution >= 0.6 is 0 Å². The maximum absolute atomic E-state index is 12.8. The molecule has 2 rings (SSSR count). The zero-order valence-corrected chi connectivity index (χ0v) is 10.9. The minimum Gasteiger partial charge on any atom is -0.362 e. The predicted octanol–water partition coefficient (Wildman–Crippen LogP) is 0.650. The van der Waals surface area contributed by atoms with Gasteiger partial charge in [0, 0.05) is 12.6 Å². The molecular formula is C10H10F3N5O4. The fourth-order valence-electron chi connectivity index (χ4n) is 1.83. The third-order valence-corrected chi connectivity index (χ3v) is 2.98. The summed E-state index contributed by atoms with van der Waals surface area (Å²) in [5.41, 5.74) is -3.36. The quantitative estimate of drug-likeness (QED) is 0.646. The lowest BCUT2D eigenvalue weighted by Gasteiger charge is -2.32. The van der Waals surface area contributed by atoms with Crippen LogP contribution in [-0.4, -0.2) is 48.8 Å². The molecule has 12 heteroatoms. The number of aromatic nitrogens is 2. The lowest BCUT2D eigenvalue weighted by atomic mass is 10.1. The van der Waals surface area contributed by atoms with Crippen molar-refractivity contribution in [3.63, 3.8) is 0 Å². The van der Waals surface area contributed by atoms with Crippen molar-refractivity contribution >= 4 is 17.9 Å². The van der Waals surface area contributed by atoms with Crippen molar-refractivity contribution in [2.24, 2.45) is 5.10 Å². The van der Waals surface area contributed by atoms with Gasteiger partial charge in [-0.2, -0.15) is 28.0 Å². The molecule has 0 fully saturated rings. The second-order valence-corrected chi connectivity index (χ2v) is 4.47. The number of aliphatic hydroxyl groups is 1. The van der Waals surface area contributed by atoms with E-state index in [9.17, 15) is 33.2 Å². The van der Waals surface area contributed by atoms with Gasteiger partial charge in [0.25, 0.3) is 5.72 Å². The second kappa shape index (κ2) is 5.36. The molecular weight excluding hydrogens is 311 g/mol. The predicted molar refractivity (Wildman–Crippen MR) is 64.5 cm³/mol. The number of hydrogen-bond donors (Lipinski definition) is 1. The molecule has 0 saturated carbocycles. The SMILES string of the molecule is O=C(CCn1ccc([N+](=O)[O-])n1)N1N=CC[C@]1(O)C(F)(F)F. The first-order valence-electron chi connectivity index (χ1n) is 5.97. The summed E-state index contributed by atoms with van der Waals surface area (Å²) in [6, 6.07) is 1.09. The summed E-state index contributed by atoms with van der Waals surface area (Å²) < 4.78 is 39.4. The molecule has 0 unspecified atom stereocenters. The van der Waals surface area contributed by atoms with Gasteiger partial charge in [0.2, 0.25) is 5.91 Å². The number of nitro groups is 1. The fourth-order valence-corrected chi connectivity index (χ4v) is 1.83. The summed E-state index contributed by atoms with van der Waals surface area (Å²) in [7, 11) is 0. The number of alkyl halides is 3. The first-order valence-corrected chi connectivity index (χ1v) is 5.97.